The zero-order chi connectivity index (χ0) is 11.0. The summed E-state index contributed by atoms with van der Waals surface area (Å²) in [4.78, 5) is 12.0. The van der Waals surface area contributed by atoms with Gasteiger partial charge in [0.15, 0.2) is 5.65 Å². The lowest BCUT2D eigenvalue weighted by Gasteiger charge is -2.10. The molecule has 2 rings (SSSR count). The van der Waals surface area contributed by atoms with Crippen molar-refractivity contribution in [1.29, 1.82) is 0 Å². The molecule has 3 heteroatoms. The second kappa shape index (κ2) is 3.65. The first-order valence-corrected chi connectivity index (χ1v) is 5.43. The Balaban J connectivity index is 2.69. The fraction of sp³-hybridized carbons (Fsp3) is 0.500. The lowest BCUT2D eigenvalue weighted by molar-refractivity contribution is 0.809. The van der Waals surface area contributed by atoms with Crippen molar-refractivity contribution in [3.63, 3.8) is 0 Å². The highest BCUT2D eigenvalue weighted by atomic mass is 15.0. The molecule has 0 aliphatic carbocycles. The first-order valence-electron chi connectivity index (χ1n) is 5.43. The van der Waals surface area contributed by atoms with Gasteiger partial charge in [-0.25, -0.2) is 9.97 Å². The number of nitrogens with zero attached hydrogens (tertiary/aromatic N) is 2. The Hall–Kier alpha value is -1.38. The molecule has 2 aromatic rings. The normalized spacial score (nSPS) is 11.9. The molecule has 15 heavy (non-hydrogen) atoms. The molecule has 0 aromatic carbocycles. The standard InChI is InChI=1S/C12H17N3/c1-7(2)9-5-10(8(3)4)15-12-11(9)13-6-14-12/h5-8H,1-4H3,(H,13,14,15). The lowest BCUT2D eigenvalue weighted by Crippen LogP contribution is -1.98. The minimum Gasteiger partial charge on any atom is -0.329 e. The van der Waals surface area contributed by atoms with Crippen LogP contribution in [0.25, 0.3) is 11.2 Å². The molecule has 0 atom stereocenters. The van der Waals surface area contributed by atoms with Crippen LogP contribution in [0.1, 0.15) is 50.8 Å². The monoisotopic (exact) mass is 203 g/mol. The fourth-order valence-corrected chi connectivity index (χ4v) is 1.71. The van der Waals surface area contributed by atoms with E-state index in [1.165, 1.54) is 5.56 Å². The van der Waals surface area contributed by atoms with E-state index in [1.807, 2.05) is 0 Å². The van der Waals surface area contributed by atoms with E-state index in [0.717, 1.165) is 16.9 Å². The number of hydrogen-bond acceptors (Lipinski definition) is 2. The molecule has 80 valence electrons. The van der Waals surface area contributed by atoms with Crippen molar-refractivity contribution in [2.75, 3.05) is 0 Å². The summed E-state index contributed by atoms with van der Waals surface area (Å²) in [6.07, 6.45) is 1.72. The van der Waals surface area contributed by atoms with Gasteiger partial charge < -0.3 is 4.98 Å². The van der Waals surface area contributed by atoms with Crippen molar-refractivity contribution in [1.82, 2.24) is 15.0 Å². The molecule has 0 aliphatic rings. The van der Waals surface area contributed by atoms with E-state index in [4.69, 9.17) is 0 Å². The van der Waals surface area contributed by atoms with Crippen LogP contribution in [0.4, 0.5) is 0 Å². The first-order chi connectivity index (χ1) is 7.09. The molecule has 0 bridgehead atoms. The van der Waals surface area contributed by atoms with Gasteiger partial charge in [0, 0.05) is 5.69 Å². The number of rotatable bonds is 2. The molecule has 0 saturated carbocycles. The number of aromatic amines is 1. The summed E-state index contributed by atoms with van der Waals surface area (Å²) < 4.78 is 0. The number of aromatic nitrogens is 3. The number of hydrogen-bond donors (Lipinski definition) is 1. The maximum absolute atomic E-state index is 4.56. The molecule has 0 aliphatic heterocycles. The van der Waals surface area contributed by atoms with Crippen molar-refractivity contribution in [2.45, 2.75) is 39.5 Å². The third-order valence-corrected chi connectivity index (χ3v) is 2.65. The summed E-state index contributed by atoms with van der Waals surface area (Å²) in [5, 5.41) is 0. The number of H-pyrrole nitrogens is 1. The van der Waals surface area contributed by atoms with E-state index >= 15 is 0 Å². The smallest absolute Gasteiger partial charge is 0.157 e. The Morgan fingerprint density at radius 2 is 1.87 bits per heavy atom. The third-order valence-electron chi connectivity index (χ3n) is 2.65. The Kier molecular flexibility index (Phi) is 2.47. The van der Waals surface area contributed by atoms with Gasteiger partial charge in [0.25, 0.3) is 0 Å². The number of pyridine rings is 1. The second-order valence-electron chi connectivity index (χ2n) is 4.55. The van der Waals surface area contributed by atoms with Crippen LogP contribution in [-0.4, -0.2) is 15.0 Å². The SMILES string of the molecule is CC(C)c1cc(C(C)C)c2nc[nH]c2n1. The van der Waals surface area contributed by atoms with Crippen molar-refractivity contribution < 1.29 is 0 Å². The minimum atomic E-state index is 0.454. The largest absolute Gasteiger partial charge is 0.329 e. The summed E-state index contributed by atoms with van der Waals surface area (Å²) >= 11 is 0. The summed E-state index contributed by atoms with van der Waals surface area (Å²) in [7, 11) is 0. The van der Waals surface area contributed by atoms with E-state index in [1.54, 1.807) is 6.33 Å². The molecule has 0 unspecified atom stereocenters. The number of nitrogens with one attached hydrogen (secondary N) is 1. The van der Waals surface area contributed by atoms with Gasteiger partial charge in [-0.3, -0.25) is 0 Å². The third kappa shape index (κ3) is 1.74. The molecule has 2 aromatic heterocycles. The predicted octanol–water partition coefficient (Wildman–Crippen LogP) is 3.20. The van der Waals surface area contributed by atoms with Crippen LogP contribution in [0, 0.1) is 0 Å². The van der Waals surface area contributed by atoms with Gasteiger partial charge in [0.2, 0.25) is 0 Å². The summed E-state index contributed by atoms with van der Waals surface area (Å²) in [5.74, 6) is 0.937. The van der Waals surface area contributed by atoms with Gasteiger partial charge in [-0.15, -0.1) is 0 Å². The maximum atomic E-state index is 4.56. The van der Waals surface area contributed by atoms with Crippen LogP contribution in [0.5, 0.6) is 0 Å². The Labute approximate surface area is 90.0 Å². The van der Waals surface area contributed by atoms with Crippen molar-refractivity contribution >= 4 is 11.2 Å². The van der Waals surface area contributed by atoms with Crippen LogP contribution in [-0.2, 0) is 0 Å². The Morgan fingerprint density at radius 1 is 1.13 bits per heavy atom. The molecular formula is C12H17N3. The summed E-state index contributed by atoms with van der Waals surface area (Å²) in [6.45, 7) is 8.70. The van der Waals surface area contributed by atoms with Gasteiger partial charge in [0.05, 0.1) is 6.33 Å². The molecule has 0 fully saturated rings. The number of fused-ring (bicyclic) bond motifs is 1. The van der Waals surface area contributed by atoms with E-state index in [9.17, 15) is 0 Å². The van der Waals surface area contributed by atoms with Gasteiger partial charge in [-0.1, -0.05) is 27.7 Å². The van der Waals surface area contributed by atoms with Gasteiger partial charge >= 0.3 is 0 Å². The molecule has 0 saturated heterocycles. The highest BCUT2D eigenvalue weighted by molar-refractivity contribution is 5.75. The average Bonchev–Trinajstić information content (AvgIpc) is 2.62. The Morgan fingerprint density at radius 3 is 2.47 bits per heavy atom. The summed E-state index contributed by atoms with van der Waals surface area (Å²) in [6, 6.07) is 2.18. The predicted molar refractivity (Wildman–Crippen MR) is 62.1 cm³/mol. The van der Waals surface area contributed by atoms with Crippen LogP contribution in [0.15, 0.2) is 12.4 Å². The van der Waals surface area contributed by atoms with Crippen molar-refractivity contribution in [3.05, 3.63) is 23.7 Å². The molecule has 0 amide bonds. The quantitative estimate of drug-likeness (QED) is 0.814. The van der Waals surface area contributed by atoms with Crippen LogP contribution >= 0.6 is 0 Å². The van der Waals surface area contributed by atoms with Crippen LogP contribution < -0.4 is 0 Å². The molecule has 2 heterocycles. The van der Waals surface area contributed by atoms with Crippen LogP contribution in [0.3, 0.4) is 0 Å². The van der Waals surface area contributed by atoms with Crippen molar-refractivity contribution in [2.24, 2.45) is 0 Å². The molecule has 3 nitrogen and oxygen atoms in total. The zero-order valence-electron chi connectivity index (χ0n) is 9.70. The average molecular weight is 203 g/mol. The van der Waals surface area contributed by atoms with E-state index in [-0.39, 0.29) is 0 Å². The maximum Gasteiger partial charge on any atom is 0.157 e. The molecule has 0 spiro atoms. The van der Waals surface area contributed by atoms with Crippen molar-refractivity contribution in [3.8, 4) is 0 Å². The lowest BCUT2D eigenvalue weighted by atomic mass is 9.99. The minimum absolute atomic E-state index is 0.454. The summed E-state index contributed by atoms with van der Waals surface area (Å²) in [5.41, 5.74) is 4.33. The van der Waals surface area contributed by atoms with Gasteiger partial charge in [-0.05, 0) is 23.5 Å². The molecule has 1 N–H and O–H groups in total. The molecular weight excluding hydrogens is 186 g/mol. The van der Waals surface area contributed by atoms with E-state index < -0.39 is 0 Å². The Bertz CT molecular complexity index is 469. The van der Waals surface area contributed by atoms with Gasteiger partial charge in [-0.2, -0.15) is 0 Å². The fourth-order valence-electron chi connectivity index (χ4n) is 1.71. The zero-order valence-corrected chi connectivity index (χ0v) is 9.70. The van der Waals surface area contributed by atoms with E-state index in [2.05, 4.69) is 48.7 Å². The van der Waals surface area contributed by atoms with E-state index in [0.29, 0.717) is 11.8 Å². The highest BCUT2D eigenvalue weighted by Gasteiger charge is 2.12. The topological polar surface area (TPSA) is 41.6 Å². The van der Waals surface area contributed by atoms with Crippen LogP contribution in [0.2, 0.25) is 0 Å². The van der Waals surface area contributed by atoms with Gasteiger partial charge in [0.1, 0.15) is 5.52 Å². The number of imidazole rings is 1. The highest BCUT2D eigenvalue weighted by Crippen LogP contribution is 2.25. The molecule has 0 radical (unpaired) electrons. The second-order valence-corrected chi connectivity index (χ2v) is 4.55. The first kappa shape index (κ1) is 10.1.